The maximum absolute atomic E-state index is 13.5. The highest BCUT2D eigenvalue weighted by Crippen LogP contribution is 2.30. The van der Waals surface area contributed by atoms with Crippen LogP contribution < -0.4 is 26.7 Å². The van der Waals surface area contributed by atoms with E-state index < -0.39 is 11.4 Å². The lowest BCUT2D eigenvalue weighted by Crippen LogP contribution is -2.44. The fourth-order valence-corrected chi connectivity index (χ4v) is 4.71. The van der Waals surface area contributed by atoms with Crippen LogP contribution in [0.4, 0.5) is 11.6 Å². The van der Waals surface area contributed by atoms with Gasteiger partial charge in [0.15, 0.2) is 0 Å². The van der Waals surface area contributed by atoms with Crippen molar-refractivity contribution in [2.24, 2.45) is 11.8 Å². The minimum atomic E-state index is -0.659. The van der Waals surface area contributed by atoms with Crippen molar-refractivity contribution in [1.29, 1.82) is 0 Å². The molecule has 1 aromatic heterocycles. The van der Waals surface area contributed by atoms with Crippen LogP contribution >= 0.6 is 0 Å². The van der Waals surface area contributed by atoms with E-state index in [4.69, 9.17) is 4.74 Å². The first kappa shape index (κ1) is 27.5. The summed E-state index contributed by atoms with van der Waals surface area (Å²) in [6, 6.07) is 5.80. The molecule has 198 valence electrons. The van der Waals surface area contributed by atoms with Gasteiger partial charge >= 0.3 is 11.4 Å². The lowest BCUT2D eigenvalue weighted by molar-refractivity contribution is -0.120. The molecule has 0 atom stereocenters. The first-order chi connectivity index (χ1) is 17.2. The molecule has 0 aliphatic heterocycles. The minimum Gasteiger partial charge on any atom is -0.491 e. The molecule has 0 saturated heterocycles. The van der Waals surface area contributed by atoms with Crippen LogP contribution in [-0.4, -0.2) is 33.2 Å². The molecule has 1 saturated carbocycles. The average Bonchev–Trinajstić information content (AvgIpc) is 2.84. The summed E-state index contributed by atoms with van der Waals surface area (Å²) in [4.78, 5) is 42.3. The van der Waals surface area contributed by atoms with E-state index in [2.05, 4.69) is 29.5 Å². The molecule has 2 N–H and O–H groups in total. The lowest BCUT2D eigenvalue weighted by Gasteiger charge is -2.27. The Hall–Kier alpha value is -3.10. The summed E-state index contributed by atoms with van der Waals surface area (Å²) in [5, 5.41) is 5.77. The van der Waals surface area contributed by atoms with Crippen molar-refractivity contribution >= 4 is 17.5 Å². The standard InChI is InChI=1S/C27H41N5O4/c1-6-7-21-16-22(12-13-23(21)36-18(2)3)29-25-30-26(34)31(15-14-24(33)28-5)27(35)32(25)17-20-10-8-19(4)9-11-20/h12-13,16,18-20H,6-11,14-15,17H2,1-5H3,(H,28,33)(H,29,30,34). The third-order valence-electron chi connectivity index (χ3n) is 6.77. The Balaban J connectivity index is 1.97. The van der Waals surface area contributed by atoms with Gasteiger partial charge in [-0.2, -0.15) is 4.98 Å². The summed E-state index contributed by atoms with van der Waals surface area (Å²) in [5.74, 6) is 1.87. The van der Waals surface area contributed by atoms with E-state index in [0.29, 0.717) is 18.4 Å². The Bertz CT molecular complexity index is 1150. The van der Waals surface area contributed by atoms with E-state index in [0.717, 1.165) is 60.1 Å². The molecule has 1 heterocycles. The zero-order valence-corrected chi connectivity index (χ0v) is 22.3. The van der Waals surface area contributed by atoms with Gasteiger partial charge in [-0.3, -0.25) is 9.36 Å². The number of ether oxygens (including phenoxy) is 1. The highest BCUT2D eigenvalue weighted by molar-refractivity contribution is 5.75. The molecular weight excluding hydrogens is 458 g/mol. The van der Waals surface area contributed by atoms with Crippen LogP contribution in [0, 0.1) is 11.8 Å². The highest BCUT2D eigenvalue weighted by Gasteiger charge is 2.22. The molecule has 0 radical (unpaired) electrons. The molecule has 1 fully saturated rings. The number of carbonyl (C=O) groups is 1. The zero-order chi connectivity index (χ0) is 26.2. The topological polar surface area (TPSA) is 107 Å². The Morgan fingerprint density at radius 2 is 1.89 bits per heavy atom. The number of rotatable bonds is 11. The van der Waals surface area contributed by atoms with E-state index >= 15 is 0 Å². The number of amides is 1. The molecule has 9 nitrogen and oxygen atoms in total. The molecule has 1 amide bonds. The van der Waals surface area contributed by atoms with Crippen molar-refractivity contribution in [3.05, 3.63) is 44.7 Å². The minimum absolute atomic E-state index is 0.00575. The molecule has 36 heavy (non-hydrogen) atoms. The Labute approximate surface area is 213 Å². The van der Waals surface area contributed by atoms with Crippen molar-refractivity contribution in [3.63, 3.8) is 0 Å². The van der Waals surface area contributed by atoms with Gasteiger partial charge in [-0.05, 0) is 68.7 Å². The van der Waals surface area contributed by atoms with E-state index in [1.165, 1.54) is 7.05 Å². The van der Waals surface area contributed by atoms with Gasteiger partial charge in [0.25, 0.3) is 0 Å². The molecular formula is C27H41N5O4. The normalized spacial score (nSPS) is 17.7. The number of benzene rings is 1. The van der Waals surface area contributed by atoms with Crippen molar-refractivity contribution in [3.8, 4) is 5.75 Å². The third kappa shape index (κ3) is 7.21. The number of carbonyl (C=O) groups excluding carboxylic acids is 1. The molecule has 9 heteroatoms. The quantitative estimate of drug-likeness (QED) is 0.486. The predicted octanol–water partition coefficient (Wildman–Crippen LogP) is 3.85. The second-order valence-electron chi connectivity index (χ2n) is 10.2. The van der Waals surface area contributed by atoms with Gasteiger partial charge in [-0.25, -0.2) is 14.2 Å². The summed E-state index contributed by atoms with van der Waals surface area (Å²) in [6.45, 7) is 8.84. The average molecular weight is 500 g/mol. The zero-order valence-electron chi connectivity index (χ0n) is 22.3. The van der Waals surface area contributed by atoms with Crippen molar-refractivity contribution in [2.45, 2.75) is 91.8 Å². The van der Waals surface area contributed by atoms with Crippen LogP contribution in [0.5, 0.6) is 5.75 Å². The predicted molar refractivity (Wildman–Crippen MR) is 142 cm³/mol. The smallest absolute Gasteiger partial charge is 0.354 e. The first-order valence-electron chi connectivity index (χ1n) is 13.2. The number of aromatic nitrogens is 3. The van der Waals surface area contributed by atoms with E-state index in [-0.39, 0.29) is 30.9 Å². The second kappa shape index (κ2) is 12.7. The highest BCUT2D eigenvalue weighted by atomic mass is 16.5. The largest absolute Gasteiger partial charge is 0.491 e. The summed E-state index contributed by atoms with van der Waals surface area (Å²) < 4.78 is 8.60. The molecule has 1 aliphatic rings. The van der Waals surface area contributed by atoms with Gasteiger partial charge in [-0.15, -0.1) is 0 Å². The van der Waals surface area contributed by atoms with Crippen LogP contribution in [-0.2, 0) is 24.3 Å². The van der Waals surface area contributed by atoms with Gasteiger partial charge in [0.05, 0.1) is 6.10 Å². The van der Waals surface area contributed by atoms with E-state index in [1.54, 1.807) is 4.57 Å². The van der Waals surface area contributed by atoms with Crippen LogP contribution in [0.1, 0.15) is 71.8 Å². The fraction of sp³-hybridized carbons (Fsp3) is 0.630. The summed E-state index contributed by atoms with van der Waals surface area (Å²) in [7, 11) is 1.53. The van der Waals surface area contributed by atoms with Crippen LogP contribution in [0.3, 0.4) is 0 Å². The van der Waals surface area contributed by atoms with Gasteiger partial charge in [-0.1, -0.05) is 33.1 Å². The van der Waals surface area contributed by atoms with Gasteiger partial charge in [0.1, 0.15) is 5.75 Å². The van der Waals surface area contributed by atoms with Crippen molar-refractivity contribution < 1.29 is 9.53 Å². The summed E-state index contributed by atoms with van der Waals surface area (Å²) in [5.41, 5.74) is 0.710. The molecule has 0 bridgehead atoms. The van der Waals surface area contributed by atoms with E-state index in [1.807, 2.05) is 32.0 Å². The Morgan fingerprint density at radius 1 is 1.17 bits per heavy atom. The molecule has 1 aliphatic carbocycles. The number of hydrogen-bond donors (Lipinski definition) is 2. The molecule has 0 spiro atoms. The summed E-state index contributed by atoms with van der Waals surface area (Å²) >= 11 is 0. The fourth-order valence-electron chi connectivity index (χ4n) is 4.71. The number of nitrogens with zero attached hydrogens (tertiary/aromatic N) is 3. The number of aryl methyl sites for hydroxylation is 1. The monoisotopic (exact) mass is 499 g/mol. The molecule has 2 aromatic rings. The van der Waals surface area contributed by atoms with Crippen molar-refractivity contribution in [1.82, 2.24) is 19.4 Å². The number of anilines is 2. The maximum Gasteiger partial charge on any atom is 0.354 e. The van der Waals surface area contributed by atoms with Crippen molar-refractivity contribution in [2.75, 3.05) is 12.4 Å². The van der Waals surface area contributed by atoms with Crippen LogP contribution in [0.2, 0.25) is 0 Å². The van der Waals surface area contributed by atoms with Gasteiger partial charge < -0.3 is 15.4 Å². The SMILES string of the molecule is CCCc1cc(Nc2nc(=O)n(CCC(=O)NC)c(=O)n2CC2CCC(C)CC2)ccc1OC(C)C. The van der Waals surface area contributed by atoms with Gasteiger partial charge in [0, 0.05) is 32.2 Å². The molecule has 1 aromatic carbocycles. The number of hydrogen-bond acceptors (Lipinski definition) is 6. The first-order valence-corrected chi connectivity index (χ1v) is 13.2. The Kier molecular flexibility index (Phi) is 9.73. The molecule has 0 unspecified atom stereocenters. The summed E-state index contributed by atoms with van der Waals surface area (Å²) in [6.07, 6.45) is 6.23. The third-order valence-corrected chi connectivity index (χ3v) is 6.77. The van der Waals surface area contributed by atoms with Crippen LogP contribution in [0.15, 0.2) is 27.8 Å². The van der Waals surface area contributed by atoms with E-state index in [9.17, 15) is 14.4 Å². The number of nitrogens with one attached hydrogen (secondary N) is 2. The maximum atomic E-state index is 13.5. The lowest BCUT2D eigenvalue weighted by atomic mass is 9.83. The Morgan fingerprint density at radius 3 is 2.53 bits per heavy atom. The molecule has 3 rings (SSSR count). The van der Waals surface area contributed by atoms with Gasteiger partial charge in [0.2, 0.25) is 11.9 Å². The second-order valence-corrected chi connectivity index (χ2v) is 10.2. The van der Waals surface area contributed by atoms with Crippen LogP contribution in [0.25, 0.3) is 0 Å².